The number of hydrogen-bond donors (Lipinski definition) is 2. The van der Waals surface area contributed by atoms with E-state index in [1.54, 1.807) is 0 Å². The minimum absolute atomic E-state index is 0. The van der Waals surface area contributed by atoms with Gasteiger partial charge in [-0.15, -0.1) is 24.0 Å². The first-order chi connectivity index (χ1) is 14.5. The number of benzene rings is 1. The fraction of sp³-hybridized carbons (Fsp3) is 0.565. The summed E-state index contributed by atoms with van der Waals surface area (Å²) in [5, 5.41) is 12.2. The smallest absolute Gasteiger partial charge is 0.191 e. The molecule has 0 atom stereocenters. The Labute approximate surface area is 208 Å². The van der Waals surface area contributed by atoms with Crippen molar-refractivity contribution in [2.24, 2.45) is 4.99 Å². The molecule has 1 fully saturated rings. The molecule has 31 heavy (non-hydrogen) atoms. The molecule has 2 aromatic rings. The summed E-state index contributed by atoms with van der Waals surface area (Å²) in [7, 11) is 0. The van der Waals surface area contributed by atoms with E-state index < -0.39 is 0 Å². The predicted octanol–water partition coefficient (Wildman–Crippen LogP) is 4.46. The first kappa shape index (κ1) is 25.9. The van der Waals surface area contributed by atoms with E-state index in [0.717, 1.165) is 68.8 Å². The quantitative estimate of drug-likeness (QED) is 0.217. The van der Waals surface area contributed by atoms with E-state index in [2.05, 4.69) is 52.5 Å². The second-order valence-corrected chi connectivity index (χ2v) is 8.47. The van der Waals surface area contributed by atoms with Crippen LogP contribution in [0.4, 0.5) is 0 Å². The normalized spacial score (nSPS) is 15.9. The average Bonchev–Trinajstić information content (AvgIpc) is 3.07. The van der Waals surface area contributed by atoms with Gasteiger partial charge in [0.25, 0.3) is 0 Å². The molecule has 172 valence electrons. The van der Waals surface area contributed by atoms with Crippen LogP contribution in [0.25, 0.3) is 0 Å². The van der Waals surface area contributed by atoms with Gasteiger partial charge in [-0.25, -0.2) is 0 Å². The molecule has 0 amide bonds. The van der Waals surface area contributed by atoms with Crippen LogP contribution in [0.3, 0.4) is 0 Å². The molecule has 1 aromatic carbocycles. The summed E-state index contributed by atoms with van der Waals surface area (Å²) >= 11 is 6.29. The van der Waals surface area contributed by atoms with Crippen molar-refractivity contribution in [2.45, 2.75) is 52.0 Å². The zero-order chi connectivity index (χ0) is 21.4. The highest BCUT2D eigenvalue weighted by Crippen LogP contribution is 2.36. The SMILES string of the molecule is CCNC(=NCC1(c2cccc(Cl)c2)CCOCC1)NCCCn1nc(C)cc1C.I. The zero-order valence-electron chi connectivity index (χ0n) is 18.8. The van der Waals surface area contributed by atoms with Crippen molar-refractivity contribution in [1.82, 2.24) is 20.4 Å². The molecule has 0 bridgehead atoms. The molecular formula is C23H35ClIN5O. The van der Waals surface area contributed by atoms with Crippen molar-refractivity contribution >= 4 is 41.5 Å². The number of hydrogen-bond acceptors (Lipinski definition) is 3. The van der Waals surface area contributed by atoms with E-state index in [1.165, 1.54) is 11.3 Å². The summed E-state index contributed by atoms with van der Waals surface area (Å²) in [4.78, 5) is 4.95. The molecule has 0 radical (unpaired) electrons. The Hall–Kier alpha value is -1.32. The lowest BCUT2D eigenvalue weighted by Crippen LogP contribution is -2.41. The number of aryl methyl sites for hydroxylation is 3. The highest BCUT2D eigenvalue weighted by molar-refractivity contribution is 14.0. The molecule has 1 saturated heterocycles. The molecule has 0 unspecified atom stereocenters. The van der Waals surface area contributed by atoms with Gasteiger partial charge in [0.1, 0.15) is 0 Å². The predicted molar refractivity (Wildman–Crippen MR) is 139 cm³/mol. The maximum atomic E-state index is 6.29. The minimum Gasteiger partial charge on any atom is -0.381 e. The van der Waals surface area contributed by atoms with Crippen molar-refractivity contribution in [2.75, 3.05) is 32.8 Å². The maximum absolute atomic E-state index is 6.29. The van der Waals surface area contributed by atoms with Crippen LogP contribution in [0, 0.1) is 13.8 Å². The Morgan fingerprint density at radius 3 is 2.65 bits per heavy atom. The number of nitrogens with zero attached hydrogens (tertiary/aromatic N) is 3. The van der Waals surface area contributed by atoms with Crippen molar-refractivity contribution in [1.29, 1.82) is 0 Å². The van der Waals surface area contributed by atoms with Crippen molar-refractivity contribution in [3.8, 4) is 0 Å². The molecule has 2 N–H and O–H groups in total. The molecule has 1 aromatic heterocycles. The van der Waals surface area contributed by atoms with Crippen LogP contribution in [0.1, 0.15) is 43.1 Å². The van der Waals surface area contributed by atoms with Crippen LogP contribution >= 0.6 is 35.6 Å². The van der Waals surface area contributed by atoms with Crippen molar-refractivity contribution in [3.05, 3.63) is 52.3 Å². The van der Waals surface area contributed by atoms with Gasteiger partial charge in [0.2, 0.25) is 0 Å². The van der Waals surface area contributed by atoms with Crippen LogP contribution in [0.15, 0.2) is 35.3 Å². The fourth-order valence-electron chi connectivity index (χ4n) is 4.03. The summed E-state index contributed by atoms with van der Waals surface area (Å²) in [6.07, 6.45) is 2.89. The van der Waals surface area contributed by atoms with E-state index in [-0.39, 0.29) is 29.4 Å². The van der Waals surface area contributed by atoms with Crippen LogP contribution in [-0.4, -0.2) is 48.6 Å². The molecular weight excluding hydrogens is 525 g/mol. The Balaban J connectivity index is 0.00000341. The lowest BCUT2D eigenvalue weighted by atomic mass is 9.74. The summed E-state index contributed by atoms with van der Waals surface area (Å²) in [6, 6.07) is 10.3. The Morgan fingerprint density at radius 1 is 1.23 bits per heavy atom. The lowest BCUT2D eigenvalue weighted by Gasteiger charge is -2.36. The average molecular weight is 560 g/mol. The standard InChI is InChI=1S/C23H34ClN5O.HI/c1-4-25-22(26-11-6-12-29-19(3)15-18(2)28-29)27-17-23(9-13-30-14-10-23)20-7-5-8-21(24)16-20;/h5,7-8,15-16H,4,6,9-14,17H2,1-3H3,(H2,25,26,27);1H. The van der Waals surface area contributed by atoms with E-state index in [1.807, 2.05) is 19.1 Å². The Morgan fingerprint density at radius 2 is 2.00 bits per heavy atom. The van der Waals surface area contributed by atoms with Gasteiger partial charge in [0, 0.05) is 49.0 Å². The summed E-state index contributed by atoms with van der Waals surface area (Å²) in [6.45, 7) is 11.0. The van der Waals surface area contributed by atoms with Gasteiger partial charge < -0.3 is 15.4 Å². The zero-order valence-corrected chi connectivity index (χ0v) is 21.9. The van der Waals surface area contributed by atoms with E-state index in [9.17, 15) is 0 Å². The highest BCUT2D eigenvalue weighted by Gasteiger charge is 2.34. The van der Waals surface area contributed by atoms with Gasteiger partial charge in [0.05, 0.1) is 12.2 Å². The Bertz CT molecular complexity index is 848. The van der Waals surface area contributed by atoms with E-state index in [4.69, 9.17) is 21.3 Å². The second kappa shape index (κ2) is 12.6. The van der Waals surface area contributed by atoms with Gasteiger partial charge in [-0.05, 0) is 63.8 Å². The Kier molecular flexibility index (Phi) is 10.6. The summed E-state index contributed by atoms with van der Waals surface area (Å²) < 4.78 is 7.71. The van der Waals surface area contributed by atoms with Crippen molar-refractivity contribution < 1.29 is 4.74 Å². The molecule has 3 rings (SSSR count). The summed E-state index contributed by atoms with van der Waals surface area (Å²) in [5.41, 5.74) is 3.49. The maximum Gasteiger partial charge on any atom is 0.191 e. The molecule has 1 aliphatic heterocycles. The van der Waals surface area contributed by atoms with E-state index in [0.29, 0.717) is 6.54 Å². The molecule has 0 spiro atoms. The molecule has 0 aliphatic carbocycles. The third-order valence-corrected chi connectivity index (χ3v) is 5.95. The number of halogens is 2. The lowest BCUT2D eigenvalue weighted by molar-refractivity contribution is 0.0531. The molecule has 8 heteroatoms. The fourth-order valence-corrected chi connectivity index (χ4v) is 4.22. The monoisotopic (exact) mass is 559 g/mol. The number of aliphatic imine (C=N–C) groups is 1. The first-order valence-electron chi connectivity index (χ1n) is 10.9. The number of rotatable bonds is 8. The van der Waals surface area contributed by atoms with Crippen LogP contribution < -0.4 is 10.6 Å². The topological polar surface area (TPSA) is 63.5 Å². The van der Waals surface area contributed by atoms with Crippen LogP contribution in [0.2, 0.25) is 5.02 Å². The second-order valence-electron chi connectivity index (χ2n) is 8.03. The third-order valence-electron chi connectivity index (χ3n) is 5.71. The largest absolute Gasteiger partial charge is 0.381 e. The van der Waals surface area contributed by atoms with E-state index >= 15 is 0 Å². The highest BCUT2D eigenvalue weighted by atomic mass is 127. The number of guanidine groups is 1. The van der Waals surface area contributed by atoms with Gasteiger partial charge in [0.15, 0.2) is 5.96 Å². The number of nitrogens with one attached hydrogen (secondary N) is 2. The van der Waals surface area contributed by atoms with Gasteiger partial charge in [-0.3, -0.25) is 9.67 Å². The minimum atomic E-state index is -0.0325. The van der Waals surface area contributed by atoms with Crippen molar-refractivity contribution in [3.63, 3.8) is 0 Å². The van der Waals surface area contributed by atoms with Gasteiger partial charge in [-0.2, -0.15) is 5.10 Å². The summed E-state index contributed by atoms with van der Waals surface area (Å²) in [5.74, 6) is 0.860. The third kappa shape index (κ3) is 7.36. The number of aromatic nitrogens is 2. The molecule has 0 saturated carbocycles. The van der Waals surface area contributed by atoms with Gasteiger partial charge >= 0.3 is 0 Å². The van der Waals surface area contributed by atoms with Gasteiger partial charge in [-0.1, -0.05) is 23.7 Å². The van der Waals surface area contributed by atoms with Crippen LogP contribution in [0.5, 0.6) is 0 Å². The molecule has 2 heterocycles. The number of ether oxygens (including phenoxy) is 1. The van der Waals surface area contributed by atoms with Crippen LogP contribution in [-0.2, 0) is 16.7 Å². The molecule has 1 aliphatic rings. The first-order valence-corrected chi connectivity index (χ1v) is 11.3. The molecule has 6 nitrogen and oxygen atoms in total.